The monoisotopic (exact) mass is 669 g/mol. The van der Waals surface area contributed by atoms with Gasteiger partial charge in [-0.1, -0.05) is 104 Å². The van der Waals surface area contributed by atoms with Crippen molar-refractivity contribution in [2.45, 2.75) is 37.8 Å². The van der Waals surface area contributed by atoms with E-state index in [1.807, 2.05) is 44.2 Å². The van der Waals surface area contributed by atoms with Gasteiger partial charge < -0.3 is 10.2 Å². The summed E-state index contributed by atoms with van der Waals surface area (Å²) < 4.78 is 42.8. The van der Waals surface area contributed by atoms with Crippen LogP contribution >= 0.6 is 23.2 Å². The predicted octanol–water partition coefficient (Wildman–Crippen LogP) is 6.74. The Hall–Kier alpha value is -3.92. The molecule has 0 aliphatic carbocycles. The molecule has 4 aromatic rings. The molecular formula is C34H34Cl2FN3O4S. The van der Waals surface area contributed by atoms with Crippen LogP contribution in [0.1, 0.15) is 25.0 Å². The molecule has 236 valence electrons. The number of benzene rings is 4. The molecule has 0 spiro atoms. The zero-order valence-electron chi connectivity index (χ0n) is 24.9. The maximum Gasteiger partial charge on any atom is 0.264 e. The molecule has 7 nitrogen and oxygen atoms in total. The third kappa shape index (κ3) is 8.84. The molecule has 4 rings (SSSR count). The fraction of sp³-hybridized carbons (Fsp3) is 0.235. The van der Waals surface area contributed by atoms with Crippen LogP contribution in [0.15, 0.2) is 108 Å². The lowest BCUT2D eigenvalue weighted by Gasteiger charge is -2.34. The second-order valence-electron chi connectivity index (χ2n) is 10.9. The van der Waals surface area contributed by atoms with Crippen LogP contribution < -0.4 is 9.62 Å². The van der Waals surface area contributed by atoms with E-state index < -0.39 is 40.2 Å². The number of hydrogen-bond donors (Lipinski definition) is 1. The third-order valence-electron chi connectivity index (χ3n) is 7.03. The van der Waals surface area contributed by atoms with Gasteiger partial charge in [0.1, 0.15) is 18.4 Å². The number of sulfonamides is 1. The zero-order chi connectivity index (χ0) is 32.6. The summed E-state index contributed by atoms with van der Waals surface area (Å²) >= 11 is 12.8. The molecule has 0 radical (unpaired) electrons. The molecule has 1 N–H and O–H groups in total. The van der Waals surface area contributed by atoms with Crippen LogP contribution in [0.5, 0.6) is 0 Å². The highest BCUT2D eigenvalue weighted by Crippen LogP contribution is 2.35. The molecule has 0 bridgehead atoms. The Morgan fingerprint density at radius 2 is 1.44 bits per heavy atom. The zero-order valence-corrected chi connectivity index (χ0v) is 27.2. The lowest BCUT2D eigenvalue weighted by atomic mass is 10.0. The van der Waals surface area contributed by atoms with E-state index in [0.29, 0.717) is 12.1 Å². The summed E-state index contributed by atoms with van der Waals surface area (Å²) in [6.45, 7) is 3.49. The van der Waals surface area contributed by atoms with Gasteiger partial charge in [0.05, 0.1) is 20.6 Å². The fourth-order valence-corrected chi connectivity index (χ4v) is 6.58. The molecule has 45 heavy (non-hydrogen) atoms. The third-order valence-corrected chi connectivity index (χ3v) is 9.61. The van der Waals surface area contributed by atoms with Crippen LogP contribution in [-0.4, -0.2) is 44.3 Å². The summed E-state index contributed by atoms with van der Waals surface area (Å²) in [5.74, 6) is -1.39. The van der Waals surface area contributed by atoms with E-state index in [4.69, 9.17) is 23.2 Å². The largest absolute Gasteiger partial charge is 0.354 e. The average molecular weight is 671 g/mol. The van der Waals surface area contributed by atoms with Crippen LogP contribution in [0.3, 0.4) is 0 Å². The number of rotatable bonds is 13. The summed E-state index contributed by atoms with van der Waals surface area (Å²) in [5.41, 5.74) is 1.36. The minimum atomic E-state index is -4.33. The van der Waals surface area contributed by atoms with Crippen LogP contribution in [0, 0.1) is 11.7 Å². The lowest BCUT2D eigenvalue weighted by molar-refractivity contribution is -0.140. The number of carbonyl (C=O) groups is 2. The van der Waals surface area contributed by atoms with Gasteiger partial charge in [-0.25, -0.2) is 12.8 Å². The standard InChI is InChI=1S/C34H34Cl2FN3O4S/c1-24(2)21-38-34(42)31(20-25-10-5-3-6-11-25)39(22-26-16-18-27(37)19-17-26)32(41)23-40(30-15-9-14-29(35)33(30)36)45(43,44)28-12-7-4-8-13-28/h3-19,24,31H,20-23H2,1-2H3,(H,38,42)/t31-/m1/s1. The van der Waals surface area contributed by atoms with E-state index in [-0.39, 0.29) is 39.5 Å². The smallest absolute Gasteiger partial charge is 0.264 e. The van der Waals surface area contributed by atoms with Gasteiger partial charge in [0.2, 0.25) is 11.8 Å². The molecule has 2 amide bonds. The van der Waals surface area contributed by atoms with Gasteiger partial charge in [0.25, 0.3) is 10.0 Å². The van der Waals surface area contributed by atoms with Crippen molar-refractivity contribution in [2.75, 3.05) is 17.4 Å². The highest BCUT2D eigenvalue weighted by molar-refractivity contribution is 7.92. The van der Waals surface area contributed by atoms with Gasteiger partial charge in [-0.15, -0.1) is 0 Å². The van der Waals surface area contributed by atoms with Gasteiger partial charge in [-0.2, -0.15) is 0 Å². The first-order valence-electron chi connectivity index (χ1n) is 14.3. The van der Waals surface area contributed by atoms with E-state index in [0.717, 1.165) is 9.87 Å². The molecule has 0 saturated heterocycles. The Morgan fingerprint density at radius 3 is 2.07 bits per heavy atom. The number of hydrogen-bond acceptors (Lipinski definition) is 4. The van der Waals surface area contributed by atoms with Crippen molar-refractivity contribution in [1.29, 1.82) is 0 Å². The highest BCUT2D eigenvalue weighted by atomic mass is 35.5. The summed E-state index contributed by atoms with van der Waals surface area (Å²) in [4.78, 5) is 29.5. The van der Waals surface area contributed by atoms with Crippen molar-refractivity contribution in [2.24, 2.45) is 5.92 Å². The van der Waals surface area contributed by atoms with Crippen molar-refractivity contribution in [3.8, 4) is 0 Å². The van der Waals surface area contributed by atoms with E-state index in [1.54, 1.807) is 18.2 Å². The Bertz CT molecular complexity index is 1710. The molecule has 0 heterocycles. The molecule has 0 aliphatic rings. The second kappa shape index (κ2) is 15.4. The molecule has 0 unspecified atom stereocenters. The summed E-state index contributed by atoms with van der Waals surface area (Å²) in [6, 6.07) is 25.9. The van der Waals surface area contributed by atoms with Crippen molar-refractivity contribution < 1.29 is 22.4 Å². The maximum atomic E-state index is 14.4. The Morgan fingerprint density at radius 1 is 0.822 bits per heavy atom. The van der Waals surface area contributed by atoms with Gasteiger partial charge >= 0.3 is 0 Å². The lowest BCUT2D eigenvalue weighted by Crippen LogP contribution is -2.53. The van der Waals surface area contributed by atoms with Crippen LogP contribution in [0.25, 0.3) is 0 Å². The molecular weight excluding hydrogens is 636 g/mol. The van der Waals surface area contributed by atoms with E-state index in [9.17, 15) is 22.4 Å². The highest BCUT2D eigenvalue weighted by Gasteiger charge is 2.35. The fourth-order valence-electron chi connectivity index (χ4n) is 4.68. The molecule has 1 atom stereocenters. The quantitative estimate of drug-likeness (QED) is 0.171. The first kappa shape index (κ1) is 34.0. The van der Waals surface area contributed by atoms with Crippen molar-refractivity contribution in [3.05, 3.63) is 130 Å². The number of anilines is 1. The SMILES string of the molecule is CC(C)CNC(=O)[C@@H](Cc1ccccc1)N(Cc1ccc(F)cc1)C(=O)CN(c1cccc(Cl)c1Cl)S(=O)(=O)c1ccccc1. The summed E-state index contributed by atoms with van der Waals surface area (Å²) in [6.07, 6.45) is 0.154. The van der Waals surface area contributed by atoms with E-state index in [2.05, 4.69) is 5.32 Å². The number of carbonyl (C=O) groups excluding carboxylic acids is 2. The minimum Gasteiger partial charge on any atom is -0.354 e. The van der Waals surface area contributed by atoms with Gasteiger partial charge in [0.15, 0.2) is 0 Å². The van der Waals surface area contributed by atoms with E-state index in [1.165, 1.54) is 59.5 Å². The Kier molecular flexibility index (Phi) is 11.6. The van der Waals surface area contributed by atoms with Crippen LogP contribution in [-0.2, 0) is 32.6 Å². The molecule has 0 saturated carbocycles. The maximum absolute atomic E-state index is 14.4. The first-order chi connectivity index (χ1) is 21.5. The topological polar surface area (TPSA) is 86.8 Å². The number of nitrogens with zero attached hydrogens (tertiary/aromatic N) is 2. The normalized spacial score (nSPS) is 12.0. The minimum absolute atomic E-state index is 0.00645. The molecule has 0 fully saturated rings. The summed E-state index contributed by atoms with van der Waals surface area (Å²) in [7, 11) is -4.33. The van der Waals surface area contributed by atoms with E-state index >= 15 is 0 Å². The van der Waals surface area contributed by atoms with Crippen molar-refractivity contribution in [3.63, 3.8) is 0 Å². The second-order valence-corrected chi connectivity index (χ2v) is 13.5. The van der Waals surface area contributed by atoms with Crippen molar-refractivity contribution >= 4 is 50.7 Å². The number of nitrogens with one attached hydrogen (secondary N) is 1. The molecule has 0 aromatic heterocycles. The Labute approximate surface area is 273 Å². The van der Waals surface area contributed by atoms with Crippen LogP contribution in [0.4, 0.5) is 10.1 Å². The number of halogens is 3. The van der Waals surface area contributed by atoms with Gasteiger partial charge in [-0.3, -0.25) is 13.9 Å². The van der Waals surface area contributed by atoms with Crippen LogP contribution in [0.2, 0.25) is 10.0 Å². The average Bonchev–Trinajstić information content (AvgIpc) is 3.03. The Balaban J connectivity index is 1.82. The van der Waals surface area contributed by atoms with Crippen molar-refractivity contribution in [1.82, 2.24) is 10.2 Å². The summed E-state index contributed by atoms with van der Waals surface area (Å²) in [5, 5.41) is 2.98. The molecule has 11 heteroatoms. The predicted molar refractivity (Wildman–Crippen MR) is 176 cm³/mol. The number of amides is 2. The van der Waals surface area contributed by atoms with Gasteiger partial charge in [0, 0.05) is 19.5 Å². The first-order valence-corrected chi connectivity index (χ1v) is 16.5. The van der Waals surface area contributed by atoms with Gasteiger partial charge in [-0.05, 0) is 53.4 Å². The molecule has 4 aromatic carbocycles. The molecule has 0 aliphatic heterocycles.